The molecule has 0 bridgehead atoms. The molecule has 11 heavy (non-hydrogen) atoms. The van der Waals surface area contributed by atoms with E-state index in [-0.39, 0.29) is 11.5 Å². The van der Waals surface area contributed by atoms with Crippen LogP contribution in [0.15, 0.2) is 18.3 Å². The lowest BCUT2D eigenvalue weighted by molar-refractivity contribution is 0.100. The summed E-state index contributed by atoms with van der Waals surface area (Å²) in [5.74, 6) is -0.139. The van der Waals surface area contributed by atoms with Crippen molar-refractivity contribution >= 4 is 12.1 Å². The number of carbonyl (C=O) groups is 2. The minimum Gasteiger partial charge on any atom is -0.296 e. The van der Waals surface area contributed by atoms with Gasteiger partial charge in [0.15, 0.2) is 12.1 Å². The Labute approximate surface area is 64.1 Å². The van der Waals surface area contributed by atoms with Gasteiger partial charge in [-0.05, 0) is 19.1 Å². The molecule has 1 aromatic rings. The van der Waals surface area contributed by atoms with Crippen LogP contribution in [0.2, 0.25) is 0 Å². The number of pyridine rings is 1. The fraction of sp³-hybridized carbons (Fsp3) is 0.125. The number of carbonyl (C=O) groups excluding carboxylic acids is 2. The number of ketones is 1. The Bertz CT molecular complexity index is 294. The number of Topliss-reactive ketones (excluding diaryl/α,β-unsaturated/α-hetero) is 1. The lowest BCUT2D eigenvalue weighted by Crippen LogP contribution is -2.00. The SMILES string of the molecule is CC(=O)c1cccnc1C=O. The topological polar surface area (TPSA) is 47.0 Å². The molecule has 3 nitrogen and oxygen atoms in total. The molecule has 0 spiro atoms. The molecule has 0 aliphatic rings. The van der Waals surface area contributed by atoms with E-state index in [4.69, 9.17) is 0 Å². The van der Waals surface area contributed by atoms with Gasteiger partial charge in [0.2, 0.25) is 0 Å². The molecule has 0 aliphatic heterocycles. The van der Waals surface area contributed by atoms with Gasteiger partial charge in [0.25, 0.3) is 0 Å². The minimum atomic E-state index is -0.139. The molecule has 0 unspecified atom stereocenters. The molecule has 0 saturated heterocycles. The Hall–Kier alpha value is -1.51. The summed E-state index contributed by atoms with van der Waals surface area (Å²) in [5, 5.41) is 0. The summed E-state index contributed by atoms with van der Waals surface area (Å²) in [6.07, 6.45) is 2.06. The van der Waals surface area contributed by atoms with E-state index in [9.17, 15) is 9.59 Å². The molecule has 56 valence electrons. The van der Waals surface area contributed by atoms with Crippen LogP contribution in [-0.4, -0.2) is 17.1 Å². The number of nitrogens with zero attached hydrogens (tertiary/aromatic N) is 1. The van der Waals surface area contributed by atoms with Crippen LogP contribution in [0.5, 0.6) is 0 Å². The molecule has 0 saturated carbocycles. The fourth-order valence-electron chi connectivity index (χ4n) is 0.809. The van der Waals surface area contributed by atoms with Gasteiger partial charge in [0.1, 0.15) is 5.69 Å². The van der Waals surface area contributed by atoms with E-state index in [2.05, 4.69) is 4.98 Å². The molecule has 0 aliphatic carbocycles. The third kappa shape index (κ3) is 1.49. The summed E-state index contributed by atoms with van der Waals surface area (Å²) in [4.78, 5) is 24.9. The van der Waals surface area contributed by atoms with Crippen molar-refractivity contribution in [1.82, 2.24) is 4.98 Å². The highest BCUT2D eigenvalue weighted by Gasteiger charge is 2.04. The van der Waals surface area contributed by atoms with Gasteiger partial charge < -0.3 is 0 Å². The number of hydrogen-bond acceptors (Lipinski definition) is 3. The first-order valence-corrected chi connectivity index (χ1v) is 3.17. The van der Waals surface area contributed by atoms with Crippen molar-refractivity contribution in [1.29, 1.82) is 0 Å². The van der Waals surface area contributed by atoms with E-state index in [0.717, 1.165) is 0 Å². The van der Waals surface area contributed by atoms with Crippen LogP contribution in [0.1, 0.15) is 27.8 Å². The average Bonchev–Trinajstić information content (AvgIpc) is 2.04. The molecule has 1 rings (SSSR count). The maximum atomic E-state index is 10.8. The Morgan fingerprint density at radius 1 is 1.64 bits per heavy atom. The first-order valence-electron chi connectivity index (χ1n) is 3.17. The third-order valence-electron chi connectivity index (χ3n) is 1.33. The van der Waals surface area contributed by atoms with Gasteiger partial charge in [-0.1, -0.05) is 0 Å². The summed E-state index contributed by atoms with van der Waals surface area (Å²) in [7, 11) is 0. The van der Waals surface area contributed by atoms with Crippen molar-refractivity contribution in [2.24, 2.45) is 0 Å². The predicted molar refractivity (Wildman–Crippen MR) is 39.6 cm³/mol. The van der Waals surface area contributed by atoms with Crippen LogP contribution < -0.4 is 0 Å². The van der Waals surface area contributed by atoms with Gasteiger partial charge in [-0.25, -0.2) is 0 Å². The van der Waals surface area contributed by atoms with Crippen molar-refractivity contribution in [2.75, 3.05) is 0 Å². The number of hydrogen-bond donors (Lipinski definition) is 0. The zero-order valence-corrected chi connectivity index (χ0v) is 6.07. The monoisotopic (exact) mass is 149 g/mol. The maximum absolute atomic E-state index is 10.8. The van der Waals surface area contributed by atoms with Gasteiger partial charge in [-0.3, -0.25) is 14.6 Å². The summed E-state index contributed by atoms with van der Waals surface area (Å²) < 4.78 is 0. The fourth-order valence-corrected chi connectivity index (χ4v) is 0.809. The van der Waals surface area contributed by atoms with Gasteiger partial charge in [-0.15, -0.1) is 0 Å². The summed E-state index contributed by atoms with van der Waals surface area (Å²) in [6, 6.07) is 3.21. The van der Waals surface area contributed by atoms with Crippen LogP contribution in [0.4, 0.5) is 0 Å². The molecule has 1 aromatic heterocycles. The number of aldehydes is 1. The quantitative estimate of drug-likeness (QED) is 0.467. The van der Waals surface area contributed by atoms with E-state index in [1.54, 1.807) is 12.1 Å². The molecular formula is C8H7NO2. The van der Waals surface area contributed by atoms with Crippen LogP contribution in [-0.2, 0) is 0 Å². The van der Waals surface area contributed by atoms with Crippen molar-refractivity contribution in [3.05, 3.63) is 29.6 Å². The minimum absolute atomic E-state index is 0.139. The van der Waals surface area contributed by atoms with Crippen molar-refractivity contribution in [3.8, 4) is 0 Å². The van der Waals surface area contributed by atoms with Gasteiger partial charge in [-0.2, -0.15) is 0 Å². The molecular weight excluding hydrogens is 142 g/mol. The molecule has 0 amide bonds. The normalized spacial score (nSPS) is 9.18. The number of aromatic nitrogens is 1. The zero-order valence-electron chi connectivity index (χ0n) is 6.07. The van der Waals surface area contributed by atoms with E-state index < -0.39 is 0 Å². The standard InChI is InChI=1S/C8H7NO2/c1-6(11)7-3-2-4-9-8(7)5-10/h2-5H,1H3. The molecule has 0 atom stereocenters. The van der Waals surface area contributed by atoms with E-state index >= 15 is 0 Å². The van der Waals surface area contributed by atoms with Crippen LogP contribution >= 0.6 is 0 Å². The first kappa shape index (κ1) is 7.60. The summed E-state index contributed by atoms with van der Waals surface area (Å²) in [6.45, 7) is 1.41. The first-order chi connectivity index (χ1) is 5.25. The second-order valence-corrected chi connectivity index (χ2v) is 2.11. The van der Waals surface area contributed by atoms with Crippen LogP contribution in [0.3, 0.4) is 0 Å². The summed E-state index contributed by atoms with van der Waals surface area (Å²) in [5.41, 5.74) is 0.586. The Balaban J connectivity index is 3.22. The van der Waals surface area contributed by atoms with Crippen molar-refractivity contribution in [3.63, 3.8) is 0 Å². The second-order valence-electron chi connectivity index (χ2n) is 2.11. The third-order valence-corrected chi connectivity index (χ3v) is 1.33. The molecule has 0 radical (unpaired) electrons. The second kappa shape index (κ2) is 3.05. The Morgan fingerprint density at radius 3 is 2.82 bits per heavy atom. The highest BCUT2D eigenvalue weighted by molar-refractivity contribution is 6.00. The van der Waals surface area contributed by atoms with Gasteiger partial charge >= 0.3 is 0 Å². The maximum Gasteiger partial charge on any atom is 0.169 e. The molecule has 0 aromatic carbocycles. The summed E-state index contributed by atoms with van der Waals surface area (Å²) >= 11 is 0. The average molecular weight is 149 g/mol. The number of rotatable bonds is 2. The van der Waals surface area contributed by atoms with Crippen LogP contribution in [0, 0.1) is 0 Å². The largest absolute Gasteiger partial charge is 0.296 e. The molecule has 0 N–H and O–H groups in total. The highest BCUT2D eigenvalue weighted by Crippen LogP contribution is 2.02. The zero-order chi connectivity index (χ0) is 8.27. The highest BCUT2D eigenvalue weighted by atomic mass is 16.1. The molecule has 1 heterocycles. The van der Waals surface area contributed by atoms with E-state index in [1.807, 2.05) is 0 Å². The van der Waals surface area contributed by atoms with Gasteiger partial charge in [0, 0.05) is 11.8 Å². The molecule has 3 heteroatoms. The lowest BCUT2D eigenvalue weighted by Gasteiger charge is -1.95. The van der Waals surface area contributed by atoms with E-state index in [1.165, 1.54) is 13.1 Å². The Kier molecular flexibility index (Phi) is 2.11. The van der Waals surface area contributed by atoms with Crippen molar-refractivity contribution < 1.29 is 9.59 Å². The van der Waals surface area contributed by atoms with E-state index in [0.29, 0.717) is 11.8 Å². The van der Waals surface area contributed by atoms with Crippen molar-refractivity contribution in [2.45, 2.75) is 6.92 Å². The molecule has 0 fully saturated rings. The smallest absolute Gasteiger partial charge is 0.169 e. The van der Waals surface area contributed by atoms with Crippen LogP contribution in [0.25, 0.3) is 0 Å². The van der Waals surface area contributed by atoms with Gasteiger partial charge in [0.05, 0.1) is 0 Å². The Morgan fingerprint density at radius 2 is 2.36 bits per heavy atom. The lowest BCUT2D eigenvalue weighted by atomic mass is 10.1. The predicted octanol–water partition coefficient (Wildman–Crippen LogP) is 1.10.